The monoisotopic (exact) mass is 483 g/mol. The molecule has 1 aromatic heterocycles. The van der Waals surface area contributed by atoms with Gasteiger partial charge in [-0.3, -0.25) is 14.8 Å². The normalized spacial score (nSPS) is 11.2. The predicted molar refractivity (Wildman–Crippen MR) is 129 cm³/mol. The number of hydrogen-bond acceptors (Lipinski definition) is 5. The highest BCUT2D eigenvalue weighted by Gasteiger charge is 2.20. The quantitative estimate of drug-likeness (QED) is 0.361. The molecule has 0 aliphatic rings. The molecule has 0 unspecified atom stereocenters. The molecule has 1 heterocycles. The first-order valence-corrected chi connectivity index (χ1v) is 12.3. The summed E-state index contributed by atoms with van der Waals surface area (Å²) in [5.41, 5.74) is 2.81. The molecule has 32 heavy (non-hydrogen) atoms. The molecule has 0 spiro atoms. The highest BCUT2D eigenvalue weighted by molar-refractivity contribution is 7.92. The number of amides is 1. The Morgan fingerprint density at radius 3 is 2.44 bits per heavy atom. The molecule has 4 rings (SSSR count). The van der Waals surface area contributed by atoms with Gasteiger partial charge < -0.3 is 0 Å². The Morgan fingerprint density at radius 1 is 1.00 bits per heavy atom. The van der Waals surface area contributed by atoms with Crippen LogP contribution in [0, 0.1) is 6.92 Å². The molecule has 9 heteroatoms. The lowest BCUT2D eigenvalue weighted by Crippen LogP contribution is -2.18. The number of nitrogens with one attached hydrogen (secondary N) is 2. The fraction of sp³-hybridized carbons (Fsp3) is 0.0435. The molecular formula is C23H18ClN3O3S2. The van der Waals surface area contributed by atoms with Gasteiger partial charge in [-0.2, -0.15) is 0 Å². The third-order valence-corrected chi connectivity index (χ3v) is 6.97. The number of hydrogen-bond donors (Lipinski definition) is 2. The molecule has 3 aromatic carbocycles. The van der Waals surface area contributed by atoms with Gasteiger partial charge in [0.15, 0.2) is 5.13 Å². The summed E-state index contributed by atoms with van der Waals surface area (Å²) in [6.07, 6.45) is 0. The van der Waals surface area contributed by atoms with Crippen molar-refractivity contribution in [2.45, 2.75) is 11.8 Å². The van der Waals surface area contributed by atoms with Crippen molar-refractivity contribution >= 4 is 49.7 Å². The number of benzene rings is 3. The molecular weight excluding hydrogens is 466 g/mol. The number of carbonyl (C=O) groups is 1. The average molecular weight is 484 g/mol. The van der Waals surface area contributed by atoms with Gasteiger partial charge in [0, 0.05) is 16.0 Å². The molecule has 162 valence electrons. The minimum Gasteiger partial charge on any atom is -0.298 e. The van der Waals surface area contributed by atoms with E-state index in [1.165, 1.54) is 41.7 Å². The average Bonchev–Trinajstić information content (AvgIpc) is 3.23. The number of halogens is 1. The number of aromatic nitrogens is 1. The number of thiazole rings is 1. The highest BCUT2D eigenvalue weighted by Crippen LogP contribution is 2.28. The van der Waals surface area contributed by atoms with Crippen LogP contribution in [0.3, 0.4) is 0 Å². The summed E-state index contributed by atoms with van der Waals surface area (Å²) < 4.78 is 28.1. The molecule has 0 saturated carbocycles. The molecule has 0 bridgehead atoms. The van der Waals surface area contributed by atoms with Gasteiger partial charge in [-0.05, 0) is 37.3 Å². The van der Waals surface area contributed by atoms with Crippen molar-refractivity contribution in [3.8, 4) is 11.3 Å². The molecule has 0 aliphatic heterocycles. The summed E-state index contributed by atoms with van der Waals surface area (Å²) in [6, 6.07) is 20.4. The van der Waals surface area contributed by atoms with Crippen LogP contribution in [0.1, 0.15) is 15.9 Å². The molecule has 0 aliphatic carbocycles. The second-order valence-corrected chi connectivity index (χ2v) is 9.94. The molecule has 0 fully saturated rings. The molecule has 0 saturated heterocycles. The maximum absolute atomic E-state index is 12.9. The van der Waals surface area contributed by atoms with Crippen LogP contribution in [-0.2, 0) is 10.0 Å². The minimum atomic E-state index is -3.91. The Bertz CT molecular complexity index is 1370. The zero-order valence-electron chi connectivity index (χ0n) is 16.9. The number of aryl methyl sites for hydroxylation is 1. The van der Waals surface area contributed by atoms with Crippen LogP contribution >= 0.6 is 22.9 Å². The van der Waals surface area contributed by atoms with Crippen LogP contribution in [0.5, 0.6) is 0 Å². The van der Waals surface area contributed by atoms with Gasteiger partial charge in [0.25, 0.3) is 15.9 Å². The van der Waals surface area contributed by atoms with Crippen molar-refractivity contribution in [1.82, 2.24) is 4.98 Å². The second-order valence-electron chi connectivity index (χ2n) is 6.97. The maximum atomic E-state index is 12.9. The van der Waals surface area contributed by atoms with Crippen molar-refractivity contribution in [3.05, 3.63) is 94.3 Å². The lowest BCUT2D eigenvalue weighted by molar-refractivity contribution is 0.102. The van der Waals surface area contributed by atoms with Crippen LogP contribution in [-0.4, -0.2) is 19.3 Å². The molecule has 4 aromatic rings. The summed E-state index contributed by atoms with van der Waals surface area (Å²) in [7, 11) is -3.91. The summed E-state index contributed by atoms with van der Waals surface area (Å²) in [5, 5.41) is 5.27. The van der Waals surface area contributed by atoms with Crippen LogP contribution < -0.4 is 10.0 Å². The van der Waals surface area contributed by atoms with Crippen molar-refractivity contribution in [1.29, 1.82) is 0 Å². The smallest absolute Gasteiger partial charge is 0.261 e. The minimum absolute atomic E-state index is 0.0791. The van der Waals surface area contributed by atoms with E-state index in [-0.39, 0.29) is 16.1 Å². The highest BCUT2D eigenvalue weighted by atomic mass is 35.5. The Hall–Kier alpha value is -3.20. The third kappa shape index (κ3) is 4.99. The fourth-order valence-corrected chi connectivity index (χ4v) is 4.91. The van der Waals surface area contributed by atoms with Crippen molar-refractivity contribution < 1.29 is 13.2 Å². The van der Waals surface area contributed by atoms with Gasteiger partial charge >= 0.3 is 0 Å². The van der Waals surface area contributed by atoms with Gasteiger partial charge in [0.2, 0.25) is 0 Å². The molecule has 2 N–H and O–H groups in total. The van der Waals surface area contributed by atoms with Crippen molar-refractivity contribution in [3.63, 3.8) is 0 Å². The van der Waals surface area contributed by atoms with Crippen LogP contribution in [0.4, 0.5) is 10.8 Å². The SMILES string of the molecule is Cc1ccc(S(=O)(=O)Nc2cc(Cl)ccc2C(=O)Nc2nc(-c3ccccc3)cs2)cc1. The van der Waals surface area contributed by atoms with E-state index in [9.17, 15) is 13.2 Å². The molecule has 1 amide bonds. The van der Waals surface area contributed by atoms with Gasteiger partial charge in [0.1, 0.15) is 0 Å². The number of anilines is 2. The number of sulfonamides is 1. The van der Waals surface area contributed by atoms with E-state index >= 15 is 0 Å². The van der Waals surface area contributed by atoms with Crippen LogP contribution in [0.25, 0.3) is 11.3 Å². The van der Waals surface area contributed by atoms with E-state index in [4.69, 9.17) is 11.6 Å². The predicted octanol–water partition coefficient (Wildman–Crippen LogP) is 5.83. The van der Waals surface area contributed by atoms with Crippen molar-refractivity contribution in [2.75, 3.05) is 10.0 Å². The summed E-state index contributed by atoms with van der Waals surface area (Å²) in [4.78, 5) is 17.5. The van der Waals surface area contributed by atoms with E-state index < -0.39 is 15.9 Å². The third-order valence-electron chi connectivity index (χ3n) is 4.60. The number of carbonyl (C=O) groups excluding carboxylic acids is 1. The largest absolute Gasteiger partial charge is 0.298 e. The van der Waals surface area contributed by atoms with E-state index in [0.717, 1.165) is 16.8 Å². The first kappa shape index (κ1) is 22.0. The Kier molecular flexibility index (Phi) is 6.27. The lowest BCUT2D eigenvalue weighted by Gasteiger charge is -2.13. The van der Waals surface area contributed by atoms with Crippen LogP contribution in [0.2, 0.25) is 5.02 Å². The first-order chi connectivity index (χ1) is 15.3. The summed E-state index contributed by atoms with van der Waals surface area (Å²) in [5.74, 6) is -0.503. The standard InChI is InChI=1S/C23H18ClN3O3S2/c1-15-7-10-18(11-8-15)32(29,30)27-20-13-17(24)9-12-19(20)22(28)26-23-25-21(14-31-23)16-5-3-2-4-6-16/h2-14,27H,1H3,(H,25,26,28). The number of nitrogens with zero attached hydrogens (tertiary/aromatic N) is 1. The van der Waals surface area contributed by atoms with Gasteiger partial charge in [-0.15, -0.1) is 11.3 Å². The summed E-state index contributed by atoms with van der Waals surface area (Å²) in [6.45, 7) is 1.87. The van der Waals surface area contributed by atoms with E-state index in [1.807, 2.05) is 42.6 Å². The topological polar surface area (TPSA) is 88.2 Å². The zero-order chi connectivity index (χ0) is 22.7. The Balaban J connectivity index is 1.59. The van der Waals surface area contributed by atoms with E-state index in [0.29, 0.717) is 10.2 Å². The molecule has 0 radical (unpaired) electrons. The van der Waals surface area contributed by atoms with E-state index in [2.05, 4.69) is 15.0 Å². The Morgan fingerprint density at radius 2 is 1.72 bits per heavy atom. The second kappa shape index (κ2) is 9.12. The van der Waals surface area contributed by atoms with E-state index in [1.54, 1.807) is 12.1 Å². The van der Waals surface area contributed by atoms with Gasteiger partial charge in [-0.1, -0.05) is 59.6 Å². The van der Waals surface area contributed by atoms with Crippen LogP contribution in [0.15, 0.2) is 83.1 Å². The molecule has 0 atom stereocenters. The Labute approximate surface area is 195 Å². The van der Waals surface area contributed by atoms with Crippen molar-refractivity contribution in [2.24, 2.45) is 0 Å². The lowest BCUT2D eigenvalue weighted by atomic mass is 10.1. The van der Waals surface area contributed by atoms with Gasteiger partial charge in [-0.25, -0.2) is 13.4 Å². The maximum Gasteiger partial charge on any atom is 0.261 e. The molecule has 6 nitrogen and oxygen atoms in total. The summed E-state index contributed by atoms with van der Waals surface area (Å²) >= 11 is 7.35. The zero-order valence-corrected chi connectivity index (χ0v) is 19.3. The number of rotatable bonds is 6. The van der Waals surface area contributed by atoms with Gasteiger partial charge in [0.05, 0.1) is 21.8 Å². The fourth-order valence-electron chi connectivity index (χ4n) is 2.96. The first-order valence-electron chi connectivity index (χ1n) is 9.53.